The third kappa shape index (κ3) is 5.87. The Bertz CT molecular complexity index is 791. The highest BCUT2D eigenvalue weighted by molar-refractivity contribution is 8.00. The number of nitrogens with one attached hydrogen (secondary N) is 2. The van der Waals surface area contributed by atoms with E-state index in [0.717, 1.165) is 28.5 Å². The Morgan fingerprint density at radius 2 is 1.73 bits per heavy atom. The van der Waals surface area contributed by atoms with Gasteiger partial charge in [-0.1, -0.05) is 29.0 Å². The van der Waals surface area contributed by atoms with Crippen molar-refractivity contribution in [3.8, 4) is 11.5 Å². The van der Waals surface area contributed by atoms with Gasteiger partial charge in [0.15, 0.2) is 0 Å². The predicted octanol–water partition coefficient (Wildman–Crippen LogP) is 3.46. The lowest BCUT2D eigenvalue weighted by Crippen LogP contribution is -2.49. The molecule has 0 aliphatic carbocycles. The number of amides is 3. The van der Waals surface area contributed by atoms with Crippen molar-refractivity contribution in [1.29, 1.82) is 0 Å². The number of rotatable bonds is 4. The molecule has 2 aromatic rings. The van der Waals surface area contributed by atoms with Crippen molar-refractivity contribution >= 4 is 23.7 Å². The summed E-state index contributed by atoms with van der Waals surface area (Å²) in [6, 6.07) is 5.45. The number of hydrogen-bond acceptors (Lipinski definition) is 6. The second-order valence-electron chi connectivity index (χ2n) is 7.20. The zero-order valence-electron chi connectivity index (χ0n) is 15.8. The summed E-state index contributed by atoms with van der Waals surface area (Å²) in [6.45, 7) is 11.2. The molecule has 0 bridgehead atoms. The molecule has 2 rings (SSSR count). The maximum Gasteiger partial charge on any atom is 0.321 e. The quantitative estimate of drug-likeness (QED) is 0.793. The summed E-state index contributed by atoms with van der Waals surface area (Å²) in [5.74, 6) is -0.0275. The van der Waals surface area contributed by atoms with E-state index in [9.17, 15) is 9.59 Å². The minimum atomic E-state index is -0.562. The molecule has 3 amide bonds. The molecular formula is C18H24N4O3S. The zero-order chi connectivity index (χ0) is 19.5. The van der Waals surface area contributed by atoms with E-state index < -0.39 is 22.7 Å². The third-order valence-corrected chi connectivity index (χ3v) is 4.18. The molecule has 0 saturated carbocycles. The highest BCUT2D eigenvalue weighted by Crippen LogP contribution is 2.27. The van der Waals surface area contributed by atoms with E-state index in [1.54, 1.807) is 6.92 Å². The van der Waals surface area contributed by atoms with Gasteiger partial charge in [-0.2, -0.15) is 0 Å². The maximum absolute atomic E-state index is 12.1. The first-order valence-electron chi connectivity index (χ1n) is 8.25. The fraction of sp³-hybridized carbons (Fsp3) is 0.444. The van der Waals surface area contributed by atoms with Crippen molar-refractivity contribution in [2.24, 2.45) is 0 Å². The van der Waals surface area contributed by atoms with Crippen LogP contribution < -0.4 is 10.6 Å². The first-order valence-corrected chi connectivity index (χ1v) is 9.13. The summed E-state index contributed by atoms with van der Waals surface area (Å²) in [6.07, 6.45) is 0. The van der Waals surface area contributed by atoms with Gasteiger partial charge in [0.05, 0.1) is 5.25 Å². The molecule has 1 aromatic carbocycles. The number of aryl methyl sites for hydroxylation is 2. The smallest absolute Gasteiger partial charge is 0.321 e. The third-order valence-electron chi connectivity index (χ3n) is 3.25. The van der Waals surface area contributed by atoms with Crippen molar-refractivity contribution in [2.45, 2.75) is 57.6 Å². The first kappa shape index (κ1) is 20.0. The van der Waals surface area contributed by atoms with Crippen LogP contribution in [0.3, 0.4) is 0 Å². The van der Waals surface area contributed by atoms with Gasteiger partial charge in [-0.25, -0.2) is 4.79 Å². The topological polar surface area (TPSA) is 97.1 Å². The number of benzene rings is 1. The minimum absolute atomic E-state index is 0.276. The number of nitrogens with zero attached hydrogens (tertiary/aromatic N) is 2. The Morgan fingerprint density at radius 1 is 1.12 bits per heavy atom. The lowest BCUT2D eigenvalue weighted by Gasteiger charge is -2.20. The minimum Gasteiger partial charge on any atom is -0.411 e. The van der Waals surface area contributed by atoms with E-state index in [0.29, 0.717) is 5.89 Å². The summed E-state index contributed by atoms with van der Waals surface area (Å²) in [5, 5.41) is 12.7. The van der Waals surface area contributed by atoms with E-state index in [1.807, 2.05) is 46.8 Å². The van der Waals surface area contributed by atoms with Gasteiger partial charge in [0, 0.05) is 11.1 Å². The lowest BCUT2D eigenvalue weighted by atomic mass is 10.1. The second kappa shape index (κ2) is 7.90. The average molecular weight is 376 g/mol. The molecule has 0 aliphatic rings. The highest BCUT2D eigenvalue weighted by atomic mass is 32.2. The molecule has 0 fully saturated rings. The largest absolute Gasteiger partial charge is 0.411 e. The van der Waals surface area contributed by atoms with Gasteiger partial charge >= 0.3 is 6.03 Å². The van der Waals surface area contributed by atoms with Crippen LogP contribution in [0.1, 0.15) is 38.8 Å². The fourth-order valence-corrected chi connectivity index (χ4v) is 2.95. The standard InChI is InChI=1S/C18H24N4O3S/c1-10-7-11(2)9-13(8-10)15-21-22-17(25-15)26-12(3)14(23)19-16(24)20-18(4,5)6/h7-9,12H,1-6H3,(H2,19,20,23,24). The SMILES string of the molecule is Cc1cc(C)cc(-c2nnc(SC(C)C(=O)NC(=O)NC(C)(C)C)o2)c1. The van der Waals surface area contributed by atoms with E-state index in [2.05, 4.69) is 26.9 Å². The molecule has 1 aromatic heterocycles. The van der Waals surface area contributed by atoms with E-state index in [-0.39, 0.29) is 5.22 Å². The summed E-state index contributed by atoms with van der Waals surface area (Å²) >= 11 is 1.10. The molecule has 1 unspecified atom stereocenters. The van der Waals surface area contributed by atoms with Crippen molar-refractivity contribution in [1.82, 2.24) is 20.8 Å². The fourth-order valence-electron chi connectivity index (χ4n) is 2.26. The number of hydrogen-bond donors (Lipinski definition) is 2. The summed E-state index contributed by atoms with van der Waals surface area (Å²) < 4.78 is 5.65. The number of imide groups is 1. The molecule has 0 spiro atoms. The average Bonchev–Trinajstić information content (AvgIpc) is 2.92. The predicted molar refractivity (Wildman–Crippen MR) is 101 cm³/mol. The molecule has 0 radical (unpaired) electrons. The van der Waals surface area contributed by atoms with E-state index in [1.165, 1.54) is 0 Å². The van der Waals surface area contributed by atoms with Crippen LogP contribution in [-0.4, -0.2) is 32.9 Å². The van der Waals surface area contributed by atoms with Gasteiger partial charge in [0.25, 0.3) is 5.22 Å². The Labute approximate surface area is 157 Å². The van der Waals surface area contributed by atoms with Gasteiger partial charge in [-0.15, -0.1) is 10.2 Å². The molecule has 140 valence electrons. The number of urea groups is 1. The molecule has 0 saturated heterocycles. The van der Waals surface area contributed by atoms with Crippen LogP contribution in [0.5, 0.6) is 0 Å². The summed E-state index contributed by atoms with van der Waals surface area (Å²) in [5.41, 5.74) is 2.62. The van der Waals surface area contributed by atoms with Crippen LogP contribution in [0.15, 0.2) is 27.8 Å². The zero-order valence-corrected chi connectivity index (χ0v) is 16.7. The Hall–Kier alpha value is -2.35. The van der Waals surface area contributed by atoms with Gasteiger partial charge in [-0.3, -0.25) is 10.1 Å². The number of carbonyl (C=O) groups is 2. The van der Waals surface area contributed by atoms with Crippen molar-refractivity contribution in [3.05, 3.63) is 29.3 Å². The Kier molecular flexibility index (Phi) is 6.07. The van der Waals surface area contributed by atoms with Crippen molar-refractivity contribution in [3.63, 3.8) is 0 Å². The van der Waals surface area contributed by atoms with Gasteiger partial charge in [0.1, 0.15) is 0 Å². The molecule has 1 atom stereocenters. The number of carbonyl (C=O) groups excluding carboxylic acids is 2. The van der Waals surface area contributed by atoms with Gasteiger partial charge in [-0.05, 0) is 53.7 Å². The molecule has 2 N–H and O–H groups in total. The Morgan fingerprint density at radius 3 is 2.31 bits per heavy atom. The van der Waals surface area contributed by atoms with E-state index in [4.69, 9.17) is 4.42 Å². The molecular weight excluding hydrogens is 352 g/mol. The summed E-state index contributed by atoms with van der Waals surface area (Å²) in [4.78, 5) is 23.9. The number of thioether (sulfide) groups is 1. The number of aromatic nitrogens is 2. The second-order valence-corrected chi connectivity index (χ2v) is 8.50. The molecule has 7 nitrogen and oxygen atoms in total. The van der Waals surface area contributed by atoms with Crippen LogP contribution in [0.4, 0.5) is 4.79 Å². The summed E-state index contributed by atoms with van der Waals surface area (Å²) in [7, 11) is 0. The first-order chi connectivity index (χ1) is 12.0. The molecule has 8 heteroatoms. The van der Waals surface area contributed by atoms with Crippen LogP contribution in [0, 0.1) is 13.8 Å². The van der Waals surface area contributed by atoms with Gasteiger partial charge < -0.3 is 9.73 Å². The van der Waals surface area contributed by atoms with Crippen LogP contribution in [-0.2, 0) is 4.79 Å². The lowest BCUT2D eigenvalue weighted by molar-refractivity contribution is -0.119. The molecule has 0 aliphatic heterocycles. The normalized spacial score (nSPS) is 12.5. The van der Waals surface area contributed by atoms with Gasteiger partial charge in [0.2, 0.25) is 11.8 Å². The monoisotopic (exact) mass is 376 g/mol. The van der Waals surface area contributed by atoms with Crippen LogP contribution >= 0.6 is 11.8 Å². The van der Waals surface area contributed by atoms with Crippen LogP contribution in [0.2, 0.25) is 0 Å². The molecule has 26 heavy (non-hydrogen) atoms. The Balaban J connectivity index is 1.99. The van der Waals surface area contributed by atoms with Crippen LogP contribution in [0.25, 0.3) is 11.5 Å². The van der Waals surface area contributed by atoms with Crippen molar-refractivity contribution in [2.75, 3.05) is 0 Å². The van der Waals surface area contributed by atoms with Crippen molar-refractivity contribution < 1.29 is 14.0 Å². The van der Waals surface area contributed by atoms with E-state index >= 15 is 0 Å². The molecule has 1 heterocycles. The highest BCUT2D eigenvalue weighted by Gasteiger charge is 2.22. The maximum atomic E-state index is 12.1.